The molecule has 0 aliphatic rings. The highest BCUT2D eigenvalue weighted by Crippen LogP contribution is 2.21. The summed E-state index contributed by atoms with van der Waals surface area (Å²) in [6.07, 6.45) is -4.68. The minimum Gasteiger partial charge on any atom is -0.478 e. The molecule has 0 saturated carbocycles. The Morgan fingerprint density at radius 2 is 1.20 bits per heavy atom. The number of carboxylic acids is 1. The molecule has 0 saturated heterocycles. The molecule has 3 rings (SSSR count). The van der Waals surface area contributed by atoms with Crippen LogP contribution in [0.3, 0.4) is 0 Å². The third-order valence-corrected chi connectivity index (χ3v) is 5.86. The number of carbonyl (C=O) groups excluding carboxylic acids is 5. The van der Waals surface area contributed by atoms with E-state index < -0.39 is 41.9 Å². The van der Waals surface area contributed by atoms with Gasteiger partial charge in [0.05, 0.1) is 21.2 Å². The van der Waals surface area contributed by atoms with Crippen LogP contribution in [-0.2, 0) is 23.9 Å². The number of nitrogens with one attached hydrogen (secondary N) is 3. The van der Waals surface area contributed by atoms with E-state index in [-0.39, 0.29) is 32.6 Å². The van der Waals surface area contributed by atoms with Gasteiger partial charge in [-0.1, -0.05) is 47.5 Å². The molecule has 0 aromatic heterocycles. The number of halogens is 2. The van der Waals surface area contributed by atoms with Crippen LogP contribution >= 0.6 is 23.2 Å². The first-order valence-electron chi connectivity index (χ1n) is 11.6. The maximum absolute atomic E-state index is 13.1. The van der Waals surface area contributed by atoms with Crippen LogP contribution in [0.1, 0.15) is 38.0 Å². The number of hydrogen-bond acceptors (Lipinski definition) is 8. The van der Waals surface area contributed by atoms with Crippen molar-refractivity contribution in [3.8, 4) is 0 Å². The lowest BCUT2D eigenvalue weighted by atomic mass is 10.1. The van der Waals surface area contributed by atoms with Crippen molar-refractivity contribution in [3.63, 3.8) is 0 Å². The van der Waals surface area contributed by atoms with Gasteiger partial charge in [-0.05, 0) is 48.5 Å². The molecule has 3 amide bonds. The van der Waals surface area contributed by atoms with Gasteiger partial charge in [-0.15, -0.1) is 0 Å². The van der Waals surface area contributed by atoms with Crippen molar-refractivity contribution >= 4 is 64.5 Å². The number of esters is 2. The Morgan fingerprint density at radius 3 is 1.66 bits per heavy atom. The van der Waals surface area contributed by atoms with Crippen LogP contribution < -0.4 is 16.2 Å². The number of carboxylic acid groups (broad SMARTS) is 1. The summed E-state index contributed by atoms with van der Waals surface area (Å²) < 4.78 is 10.2. The van der Waals surface area contributed by atoms with Gasteiger partial charge in [0.2, 0.25) is 18.1 Å². The van der Waals surface area contributed by atoms with E-state index in [1.54, 1.807) is 0 Å². The molecule has 0 unspecified atom stereocenters. The predicted octanol–water partition coefficient (Wildman–Crippen LogP) is 3.25. The first-order valence-corrected chi connectivity index (χ1v) is 12.3. The van der Waals surface area contributed by atoms with Crippen molar-refractivity contribution < 1.29 is 43.3 Å². The second-order valence-corrected chi connectivity index (χ2v) is 8.97. The SMILES string of the molecule is CC(=O)Nc1ccc(C(=O)NNC(=O)[C@@H](OC(=O)c2ccccc2Cl)[C@H](OC(=O)c2ccccc2Cl)C(=O)O)cc1. The highest BCUT2D eigenvalue weighted by molar-refractivity contribution is 6.34. The van der Waals surface area contributed by atoms with E-state index in [0.29, 0.717) is 5.69 Å². The number of anilines is 1. The second kappa shape index (κ2) is 13.9. The summed E-state index contributed by atoms with van der Waals surface area (Å²) in [5.74, 6) is -6.81. The van der Waals surface area contributed by atoms with Crippen molar-refractivity contribution in [3.05, 3.63) is 99.5 Å². The first-order chi connectivity index (χ1) is 19.5. The van der Waals surface area contributed by atoms with Gasteiger partial charge in [0.25, 0.3) is 11.8 Å². The number of carbonyl (C=O) groups is 6. The highest BCUT2D eigenvalue weighted by atomic mass is 35.5. The number of amides is 3. The van der Waals surface area contributed by atoms with Gasteiger partial charge < -0.3 is 19.9 Å². The molecular weight excluding hydrogens is 581 g/mol. The Kier molecular flexibility index (Phi) is 10.4. The maximum atomic E-state index is 13.1. The molecule has 0 bridgehead atoms. The smallest absolute Gasteiger partial charge is 0.349 e. The molecule has 2 atom stereocenters. The van der Waals surface area contributed by atoms with Gasteiger partial charge in [0.1, 0.15) is 0 Å². The van der Waals surface area contributed by atoms with Crippen LogP contribution in [0, 0.1) is 0 Å². The summed E-state index contributed by atoms with van der Waals surface area (Å²) in [6.45, 7) is 1.31. The summed E-state index contributed by atoms with van der Waals surface area (Å²) in [5.41, 5.74) is 4.04. The van der Waals surface area contributed by atoms with Crippen LogP contribution in [0.15, 0.2) is 72.8 Å². The topological polar surface area (TPSA) is 177 Å². The summed E-state index contributed by atoms with van der Waals surface area (Å²) in [5, 5.41) is 12.2. The lowest BCUT2D eigenvalue weighted by molar-refractivity contribution is -0.159. The van der Waals surface area contributed by atoms with Crippen LogP contribution in [0.4, 0.5) is 5.69 Å². The Balaban J connectivity index is 1.84. The third-order valence-electron chi connectivity index (χ3n) is 5.20. The zero-order valence-electron chi connectivity index (χ0n) is 21.1. The van der Waals surface area contributed by atoms with Gasteiger partial charge in [-0.3, -0.25) is 25.2 Å². The molecule has 0 radical (unpaired) electrons. The van der Waals surface area contributed by atoms with Crippen molar-refractivity contribution in [2.75, 3.05) is 5.32 Å². The Morgan fingerprint density at radius 1 is 0.707 bits per heavy atom. The number of hydrogen-bond donors (Lipinski definition) is 4. The van der Waals surface area contributed by atoms with Gasteiger partial charge in [-0.25, -0.2) is 14.4 Å². The van der Waals surface area contributed by atoms with Crippen molar-refractivity contribution in [2.24, 2.45) is 0 Å². The molecule has 0 spiro atoms. The molecule has 0 aliphatic carbocycles. The fourth-order valence-corrected chi connectivity index (χ4v) is 3.70. The molecule has 212 valence electrons. The molecule has 4 N–H and O–H groups in total. The maximum Gasteiger partial charge on any atom is 0.349 e. The van der Waals surface area contributed by atoms with Crippen LogP contribution in [0.2, 0.25) is 10.0 Å². The van der Waals surface area contributed by atoms with Gasteiger partial charge in [0, 0.05) is 18.2 Å². The first kappa shape index (κ1) is 30.6. The summed E-state index contributed by atoms with van der Waals surface area (Å²) >= 11 is 12.0. The average Bonchev–Trinajstić information content (AvgIpc) is 2.93. The largest absolute Gasteiger partial charge is 0.478 e. The molecule has 0 fully saturated rings. The summed E-state index contributed by atoms with van der Waals surface area (Å²) in [7, 11) is 0. The van der Waals surface area contributed by atoms with Crippen LogP contribution in [0.25, 0.3) is 0 Å². The third kappa shape index (κ3) is 8.27. The number of hydrazine groups is 1. The van der Waals surface area contributed by atoms with E-state index in [0.717, 1.165) is 0 Å². The number of aliphatic carboxylic acids is 1. The monoisotopic (exact) mass is 601 g/mol. The fourth-order valence-electron chi connectivity index (χ4n) is 3.28. The zero-order chi connectivity index (χ0) is 30.1. The molecule has 12 nitrogen and oxygen atoms in total. The minimum atomic E-state index is -2.38. The molecule has 3 aromatic carbocycles. The number of benzene rings is 3. The predicted molar refractivity (Wildman–Crippen MR) is 145 cm³/mol. The molecule has 3 aromatic rings. The van der Waals surface area contributed by atoms with Gasteiger partial charge in [0.15, 0.2) is 0 Å². The summed E-state index contributed by atoms with van der Waals surface area (Å²) in [4.78, 5) is 74.4. The molecule has 14 heteroatoms. The van der Waals surface area contributed by atoms with Crippen molar-refractivity contribution in [1.29, 1.82) is 0 Å². The van der Waals surface area contributed by atoms with Crippen molar-refractivity contribution in [2.45, 2.75) is 19.1 Å². The number of ether oxygens (including phenoxy) is 2. The minimum absolute atomic E-state index is 0.0453. The number of rotatable bonds is 9. The fraction of sp³-hybridized carbons (Fsp3) is 0.111. The highest BCUT2D eigenvalue weighted by Gasteiger charge is 2.41. The lowest BCUT2D eigenvalue weighted by Crippen LogP contribution is -2.54. The molecule has 0 heterocycles. The molecule has 41 heavy (non-hydrogen) atoms. The average molecular weight is 602 g/mol. The normalized spacial score (nSPS) is 11.8. The van der Waals surface area contributed by atoms with Crippen molar-refractivity contribution in [1.82, 2.24) is 10.9 Å². The van der Waals surface area contributed by atoms with Gasteiger partial charge in [-0.2, -0.15) is 0 Å². The molecular formula is C27H21Cl2N3O9. The van der Waals surface area contributed by atoms with E-state index in [4.69, 9.17) is 32.7 Å². The Bertz CT molecular complexity index is 1500. The van der Waals surface area contributed by atoms with E-state index in [9.17, 15) is 33.9 Å². The Hall–Kier alpha value is -4.94. The summed E-state index contributed by atoms with van der Waals surface area (Å²) in [6, 6.07) is 16.7. The van der Waals surface area contributed by atoms with Crippen LogP contribution in [0.5, 0.6) is 0 Å². The second-order valence-electron chi connectivity index (χ2n) is 8.15. The van der Waals surface area contributed by atoms with Gasteiger partial charge >= 0.3 is 17.9 Å². The van der Waals surface area contributed by atoms with E-state index in [2.05, 4.69) is 10.7 Å². The zero-order valence-corrected chi connectivity index (χ0v) is 22.6. The van der Waals surface area contributed by atoms with E-state index in [1.165, 1.54) is 79.7 Å². The Labute approximate surface area is 242 Å². The van der Waals surface area contributed by atoms with E-state index >= 15 is 0 Å². The molecule has 0 aliphatic heterocycles. The van der Waals surface area contributed by atoms with Crippen LogP contribution in [-0.4, -0.2) is 52.9 Å². The lowest BCUT2D eigenvalue weighted by Gasteiger charge is -2.24. The van der Waals surface area contributed by atoms with E-state index in [1.807, 2.05) is 5.43 Å². The standard InChI is InChI=1S/C27H21Cl2N3O9/c1-14(33)30-16-12-10-15(11-13-16)23(34)31-32-24(35)21(40-26(38)17-6-2-4-8-19(17)28)22(25(36)37)41-27(39)18-7-3-5-9-20(18)29/h2-13,21-22H,1H3,(H,30,33)(H,31,34)(H,32,35)(H,36,37)/t21-,22-/m0/s1. The quantitative estimate of drug-likeness (QED) is 0.212.